The molecule has 1 aliphatic heterocycles. The molecule has 5 rings (SSSR count). The van der Waals surface area contributed by atoms with E-state index in [0.29, 0.717) is 11.3 Å². The summed E-state index contributed by atoms with van der Waals surface area (Å²) in [5, 5.41) is 39.9. The lowest BCUT2D eigenvalue weighted by molar-refractivity contribution is -0.298. The molecular formula is C25H40O7. The molecule has 4 aliphatic carbocycles. The van der Waals surface area contributed by atoms with E-state index in [1.165, 1.54) is 38.5 Å². The summed E-state index contributed by atoms with van der Waals surface area (Å²) in [5.74, 6) is 1.38. The Morgan fingerprint density at radius 1 is 0.938 bits per heavy atom. The van der Waals surface area contributed by atoms with E-state index in [-0.39, 0.29) is 11.3 Å². The van der Waals surface area contributed by atoms with Gasteiger partial charge in [-0.2, -0.15) is 0 Å². The van der Waals surface area contributed by atoms with Gasteiger partial charge in [0, 0.05) is 0 Å². The van der Waals surface area contributed by atoms with Gasteiger partial charge >= 0.3 is 5.97 Å². The first kappa shape index (κ1) is 23.0. The van der Waals surface area contributed by atoms with Crippen LogP contribution in [0.4, 0.5) is 0 Å². The van der Waals surface area contributed by atoms with Gasteiger partial charge in [0.15, 0.2) is 0 Å². The highest BCUT2D eigenvalue weighted by molar-refractivity contribution is 5.77. The van der Waals surface area contributed by atoms with Crippen LogP contribution >= 0.6 is 0 Å². The number of aliphatic hydroxyl groups is 4. The van der Waals surface area contributed by atoms with Crippen LogP contribution in [-0.2, 0) is 14.3 Å². The van der Waals surface area contributed by atoms with Crippen molar-refractivity contribution in [2.75, 3.05) is 6.61 Å². The zero-order valence-electron chi connectivity index (χ0n) is 19.4. The molecule has 0 aromatic carbocycles. The molecule has 7 nitrogen and oxygen atoms in total. The van der Waals surface area contributed by atoms with Crippen molar-refractivity contribution < 1.29 is 34.7 Å². The van der Waals surface area contributed by atoms with Crippen molar-refractivity contribution in [2.24, 2.45) is 34.0 Å². The number of hydrogen-bond donors (Lipinski definition) is 4. The van der Waals surface area contributed by atoms with Gasteiger partial charge in [0.05, 0.1) is 12.0 Å². The summed E-state index contributed by atoms with van der Waals surface area (Å²) in [7, 11) is 0. The van der Waals surface area contributed by atoms with Crippen molar-refractivity contribution >= 4 is 5.97 Å². The van der Waals surface area contributed by atoms with E-state index in [4.69, 9.17) is 9.47 Å². The van der Waals surface area contributed by atoms with Gasteiger partial charge in [0.25, 0.3) is 0 Å². The zero-order chi connectivity index (χ0) is 22.9. The smallest absolute Gasteiger partial charge is 0.314 e. The van der Waals surface area contributed by atoms with Gasteiger partial charge in [-0.15, -0.1) is 0 Å². The van der Waals surface area contributed by atoms with Crippen molar-refractivity contribution in [1.29, 1.82) is 0 Å². The zero-order valence-corrected chi connectivity index (χ0v) is 19.4. The Kier molecular flexibility index (Phi) is 5.69. The van der Waals surface area contributed by atoms with Gasteiger partial charge in [-0.05, 0) is 86.9 Å². The van der Waals surface area contributed by atoms with Gasteiger partial charge < -0.3 is 29.9 Å². The summed E-state index contributed by atoms with van der Waals surface area (Å²) in [6.45, 7) is 3.89. The molecule has 4 saturated carbocycles. The van der Waals surface area contributed by atoms with Crippen LogP contribution in [0.3, 0.4) is 0 Å². The summed E-state index contributed by atoms with van der Waals surface area (Å²) in [6.07, 6.45) is 4.71. The van der Waals surface area contributed by atoms with Crippen LogP contribution in [0.5, 0.6) is 0 Å². The molecule has 11 atom stereocenters. The van der Waals surface area contributed by atoms with E-state index in [2.05, 4.69) is 6.92 Å². The van der Waals surface area contributed by atoms with Crippen molar-refractivity contribution in [2.45, 2.75) is 109 Å². The molecule has 5 fully saturated rings. The molecule has 1 spiro atoms. The highest BCUT2D eigenvalue weighted by Crippen LogP contribution is 2.71. The third-order valence-corrected chi connectivity index (χ3v) is 10.6. The number of esters is 1. The largest absolute Gasteiger partial charge is 0.432 e. The first-order valence-electron chi connectivity index (χ1n) is 12.7. The Morgan fingerprint density at radius 2 is 1.69 bits per heavy atom. The fraction of sp³-hybridized carbons (Fsp3) is 0.960. The molecular weight excluding hydrogens is 412 g/mol. The molecule has 0 unspecified atom stereocenters. The van der Waals surface area contributed by atoms with Gasteiger partial charge in [-0.3, -0.25) is 4.79 Å². The molecule has 2 bridgehead atoms. The Hall–Kier alpha value is -0.730. The lowest BCUT2D eigenvalue weighted by Gasteiger charge is -2.63. The Bertz CT molecular complexity index is 742. The minimum atomic E-state index is -1.56. The van der Waals surface area contributed by atoms with E-state index in [9.17, 15) is 25.2 Å². The minimum absolute atomic E-state index is 0.106. The van der Waals surface area contributed by atoms with E-state index in [0.717, 1.165) is 31.6 Å². The quantitative estimate of drug-likeness (QED) is 0.485. The van der Waals surface area contributed by atoms with E-state index in [1.807, 2.05) is 6.92 Å². The molecule has 1 saturated heterocycles. The SMILES string of the molecule is C[C@]12CCC[C@@](C)(C(=O)O[C@@H]3O[C@H](CO)[C@@H](O)[C@H](O)[C@H]3O)[C@@H]1CC[C@@]13CC[C@@H](CC[C@@H]12)C3. The maximum Gasteiger partial charge on any atom is 0.314 e. The number of hydrogen-bond acceptors (Lipinski definition) is 7. The summed E-state index contributed by atoms with van der Waals surface area (Å²) in [4.78, 5) is 13.6. The van der Waals surface area contributed by atoms with Crippen LogP contribution in [-0.4, -0.2) is 63.7 Å². The molecule has 4 N–H and O–H groups in total. The maximum atomic E-state index is 13.6. The average Bonchev–Trinajstić information content (AvgIpc) is 3.07. The monoisotopic (exact) mass is 452 g/mol. The molecule has 0 radical (unpaired) electrons. The van der Waals surface area contributed by atoms with Crippen molar-refractivity contribution in [3.05, 3.63) is 0 Å². The number of carbonyl (C=O) groups is 1. The van der Waals surface area contributed by atoms with E-state index < -0.39 is 48.7 Å². The second kappa shape index (κ2) is 7.91. The summed E-state index contributed by atoms with van der Waals surface area (Å²) in [5.41, 5.74) is -0.106. The van der Waals surface area contributed by atoms with Crippen LogP contribution < -0.4 is 0 Å². The van der Waals surface area contributed by atoms with Crippen LogP contribution in [0.2, 0.25) is 0 Å². The fourth-order valence-electron chi connectivity index (χ4n) is 9.03. The number of aliphatic hydroxyl groups excluding tert-OH is 4. The molecule has 0 aromatic heterocycles. The Balaban J connectivity index is 1.37. The lowest BCUT2D eigenvalue weighted by atomic mass is 9.41. The second-order valence-corrected chi connectivity index (χ2v) is 12.1. The highest BCUT2D eigenvalue weighted by Gasteiger charge is 2.65. The second-order valence-electron chi connectivity index (χ2n) is 12.1. The molecule has 32 heavy (non-hydrogen) atoms. The summed E-state index contributed by atoms with van der Waals surface area (Å²) >= 11 is 0. The van der Waals surface area contributed by atoms with Crippen molar-refractivity contribution in [3.63, 3.8) is 0 Å². The van der Waals surface area contributed by atoms with Crippen LogP contribution in [0.1, 0.15) is 78.1 Å². The normalized spacial score (nSPS) is 55.1. The Morgan fingerprint density at radius 3 is 2.44 bits per heavy atom. The number of fused-ring (bicyclic) bond motifs is 3. The van der Waals surface area contributed by atoms with Gasteiger partial charge in [0.1, 0.15) is 24.4 Å². The third-order valence-electron chi connectivity index (χ3n) is 10.6. The summed E-state index contributed by atoms with van der Waals surface area (Å²) < 4.78 is 11.2. The first-order chi connectivity index (χ1) is 15.1. The van der Waals surface area contributed by atoms with Crippen LogP contribution in [0.25, 0.3) is 0 Å². The standard InChI is InChI=1S/C25H40O7/c1-23-8-3-9-24(2,16(23)7-11-25-10-6-14(12-25)4-5-17(23)25)22(30)32-21-20(29)19(28)18(27)15(13-26)31-21/h14-21,26-29H,3-13H2,1-2H3/t14-,15-,16-,17-,18-,19+,20-,21+,23+,24-,25-/m1/s1. The predicted octanol–water partition coefficient (Wildman–Crippen LogP) is 2.13. The minimum Gasteiger partial charge on any atom is -0.432 e. The first-order valence-corrected chi connectivity index (χ1v) is 12.7. The number of ether oxygens (including phenoxy) is 2. The molecule has 1 heterocycles. The molecule has 7 heteroatoms. The lowest BCUT2D eigenvalue weighted by Crippen LogP contribution is -2.61. The number of carbonyl (C=O) groups excluding carboxylic acids is 1. The van der Waals surface area contributed by atoms with Crippen molar-refractivity contribution in [3.8, 4) is 0 Å². The molecule has 5 aliphatic rings. The van der Waals surface area contributed by atoms with E-state index >= 15 is 0 Å². The van der Waals surface area contributed by atoms with Gasteiger partial charge in [-0.1, -0.05) is 19.8 Å². The van der Waals surface area contributed by atoms with Crippen molar-refractivity contribution in [1.82, 2.24) is 0 Å². The van der Waals surface area contributed by atoms with Gasteiger partial charge in [0.2, 0.25) is 6.29 Å². The van der Waals surface area contributed by atoms with E-state index in [1.54, 1.807) is 0 Å². The Labute approximate surface area is 190 Å². The van der Waals surface area contributed by atoms with Crippen LogP contribution in [0.15, 0.2) is 0 Å². The topological polar surface area (TPSA) is 116 Å². The van der Waals surface area contributed by atoms with Crippen LogP contribution in [0, 0.1) is 34.0 Å². The average molecular weight is 453 g/mol. The third kappa shape index (κ3) is 3.22. The summed E-state index contributed by atoms with van der Waals surface area (Å²) in [6, 6.07) is 0. The molecule has 0 amide bonds. The molecule has 0 aromatic rings. The number of rotatable bonds is 3. The predicted molar refractivity (Wildman–Crippen MR) is 115 cm³/mol. The fourth-order valence-corrected chi connectivity index (χ4v) is 9.03. The van der Waals surface area contributed by atoms with Gasteiger partial charge in [-0.25, -0.2) is 0 Å². The highest BCUT2D eigenvalue weighted by atomic mass is 16.7. The molecule has 182 valence electrons. The maximum absolute atomic E-state index is 13.6.